The third-order valence-electron chi connectivity index (χ3n) is 4.47. The maximum atomic E-state index is 12.7. The summed E-state index contributed by atoms with van der Waals surface area (Å²) in [5.74, 6) is 1.50. The standard InChI is InChI=1S/C19H17NO2S2/c21-18-17(24-19(23)20(18)14-8-4-5-9-14)12-15-10-11-16(22-15)13-6-2-1-3-7-13/h1-3,6-7,10-12,14H,4-5,8-9H2/b17-12-. The fraction of sp³-hybridized carbons (Fsp3) is 0.263. The monoisotopic (exact) mass is 355 g/mol. The Morgan fingerprint density at radius 3 is 2.62 bits per heavy atom. The number of rotatable bonds is 3. The molecule has 24 heavy (non-hydrogen) atoms. The smallest absolute Gasteiger partial charge is 0.266 e. The lowest BCUT2D eigenvalue weighted by Crippen LogP contribution is -2.36. The molecule has 0 atom stereocenters. The Balaban J connectivity index is 1.57. The van der Waals surface area contributed by atoms with Crippen LogP contribution in [0.25, 0.3) is 17.4 Å². The van der Waals surface area contributed by atoms with E-state index in [9.17, 15) is 4.79 Å². The van der Waals surface area contributed by atoms with Crippen LogP contribution < -0.4 is 0 Å². The summed E-state index contributed by atoms with van der Waals surface area (Å²) in [4.78, 5) is 15.2. The van der Waals surface area contributed by atoms with Gasteiger partial charge in [0.05, 0.1) is 4.91 Å². The first kappa shape index (κ1) is 15.7. The van der Waals surface area contributed by atoms with Crippen LogP contribution in [-0.4, -0.2) is 21.2 Å². The average Bonchev–Trinajstić information content (AvgIpc) is 3.31. The van der Waals surface area contributed by atoms with E-state index in [-0.39, 0.29) is 11.9 Å². The van der Waals surface area contributed by atoms with Gasteiger partial charge >= 0.3 is 0 Å². The second-order valence-electron chi connectivity index (χ2n) is 6.06. The topological polar surface area (TPSA) is 33.5 Å². The van der Waals surface area contributed by atoms with E-state index in [1.165, 1.54) is 24.6 Å². The summed E-state index contributed by atoms with van der Waals surface area (Å²) in [6.07, 6.45) is 6.27. The number of carbonyl (C=O) groups is 1. The molecular formula is C19H17NO2S2. The molecular weight excluding hydrogens is 338 g/mol. The highest BCUT2D eigenvalue weighted by molar-refractivity contribution is 8.26. The van der Waals surface area contributed by atoms with Gasteiger partial charge in [-0.3, -0.25) is 9.69 Å². The molecule has 2 aliphatic rings. The van der Waals surface area contributed by atoms with E-state index in [1.807, 2.05) is 42.5 Å². The fourth-order valence-electron chi connectivity index (χ4n) is 3.27. The van der Waals surface area contributed by atoms with Gasteiger partial charge in [0.1, 0.15) is 15.8 Å². The van der Waals surface area contributed by atoms with Gasteiger partial charge in [0, 0.05) is 17.7 Å². The minimum absolute atomic E-state index is 0.0227. The van der Waals surface area contributed by atoms with Gasteiger partial charge < -0.3 is 4.42 Å². The predicted octanol–water partition coefficient (Wildman–Crippen LogP) is 5.09. The van der Waals surface area contributed by atoms with Gasteiger partial charge in [-0.25, -0.2) is 0 Å². The Kier molecular flexibility index (Phi) is 4.29. The van der Waals surface area contributed by atoms with E-state index >= 15 is 0 Å². The molecule has 5 heteroatoms. The van der Waals surface area contributed by atoms with Crippen molar-refractivity contribution in [3.63, 3.8) is 0 Å². The SMILES string of the molecule is O=C1/C(=C/c2ccc(-c3ccccc3)o2)SC(=S)N1C1CCCC1. The molecule has 2 aromatic rings. The summed E-state index contributed by atoms with van der Waals surface area (Å²) in [6.45, 7) is 0. The zero-order valence-electron chi connectivity index (χ0n) is 13.1. The third kappa shape index (κ3) is 2.94. The van der Waals surface area contributed by atoms with E-state index in [0.717, 1.165) is 24.2 Å². The van der Waals surface area contributed by atoms with Gasteiger partial charge in [0.25, 0.3) is 5.91 Å². The average molecular weight is 355 g/mol. The Bertz CT molecular complexity index is 804. The first-order valence-electron chi connectivity index (χ1n) is 8.15. The molecule has 1 amide bonds. The van der Waals surface area contributed by atoms with Gasteiger partial charge in [-0.2, -0.15) is 0 Å². The summed E-state index contributed by atoms with van der Waals surface area (Å²) in [5, 5.41) is 0. The Labute approximate surface area is 150 Å². The molecule has 1 aromatic heterocycles. The van der Waals surface area contributed by atoms with Crippen LogP contribution in [0.5, 0.6) is 0 Å². The van der Waals surface area contributed by atoms with Crippen molar-refractivity contribution in [2.75, 3.05) is 0 Å². The van der Waals surface area contributed by atoms with Gasteiger partial charge in [-0.1, -0.05) is 67.2 Å². The van der Waals surface area contributed by atoms with Crippen molar-refractivity contribution in [1.29, 1.82) is 0 Å². The Morgan fingerprint density at radius 2 is 1.88 bits per heavy atom. The van der Waals surface area contributed by atoms with Crippen molar-refractivity contribution in [2.24, 2.45) is 0 Å². The number of benzene rings is 1. The summed E-state index contributed by atoms with van der Waals surface area (Å²) in [5.41, 5.74) is 1.02. The first-order chi connectivity index (χ1) is 11.7. The molecule has 0 N–H and O–H groups in total. The van der Waals surface area contributed by atoms with Gasteiger partial charge in [-0.05, 0) is 25.0 Å². The van der Waals surface area contributed by atoms with E-state index in [4.69, 9.17) is 16.6 Å². The first-order valence-corrected chi connectivity index (χ1v) is 9.37. The highest BCUT2D eigenvalue weighted by atomic mass is 32.2. The summed E-state index contributed by atoms with van der Waals surface area (Å²) in [7, 11) is 0. The van der Waals surface area contributed by atoms with Crippen molar-refractivity contribution in [2.45, 2.75) is 31.7 Å². The number of amides is 1. The van der Waals surface area contributed by atoms with E-state index in [0.29, 0.717) is 15.0 Å². The third-order valence-corrected chi connectivity index (χ3v) is 5.80. The van der Waals surface area contributed by atoms with E-state index in [1.54, 1.807) is 11.0 Å². The second-order valence-corrected chi connectivity index (χ2v) is 7.73. The molecule has 1 aliphatic heterocycles. The molecule has 0 radical (unpaired) electrons. The van der Waals surface area contributed by atoms with Crippen molar-refractivity contribution in [3.8, 4) is 11.3 Å². The van der Waals surface area contributed by atoms with Crippen molar-refractivity contribution < 1.29 is 9.21 Å². The zero-order chi connectivity index (χ0) is 16.5. The molecule has 3 nitrogen and oxygen atoms in total. The number of furan rings is 1. The van der Waals surface area contributed by atoms with Crippen LogP contribution in [0.1, 0.15) is 31.4 Å². The molecule has 122 valence electrons. The van der Waals surface area contributed by atoms with Gasteiger partial charge in [0.15, 0.2) is 0 Å². The fourth-order valence-corrected chi connectivity index (χ4v) is 4.65. The number of hydrogen-bond donors (Lipinski definition) is 0. The van der Waals surface area contributed by atoms with Gasteiger partial charge in [-0.15, -0.1) is 0 Å². The quantitative estimate of drug-likeness (QED) is 0.567. The largest absolute Gasteiger partial charge is 0.457 e. The number of carbonyl (C=O) groups excluding carboxylic acids is 1. The number of nitrogens with zero attached hydrogens (tertiary/aromatic N) is 1. The molecule has 1 saturated carbocycles. The molecule has 1 aliphatic carbocycles. The van der Waals surface area contributed by atoms with Crippen LogP contribution in [0.4, 0.5) is 0 Å². The van der Waals surface area contributed by atoms with Crippen LogP contribution in [0.2, 0.25) is 0 Å². The van der Waals surface area contributed by atoms with Crippen molar-refractivity contribution >= 4 is 40.3 Å². The van der Waals surface area contributed by atoms with E-state index < -0.39 is 0 Å². The van der Waals surface area contributed by atoms with Crippen molar-refractivity contribution in [1.82, 2.24) is 4.90 Å². The molecule has 2 fully saturated rings. The highest BCUT2D eigenvalue weighted by Gasteiger charge is 2.38. The zero-order valence-corrected chi connectivity index (χ0v) is 14.7. The lowest BCUT2D eigenvalue weighted by Gasteiger charge is -2.21. The minimum Gasteiger partial charge on any atom is -0.457 e. The molecule has 0 unspecified atom stereocenters. The normalized spacial score (nSPS) is 20.5. The molecule has 1 saturated heterocycles. The van der Waals surface area contributed by atoms with Gasteiger partial charge in [0.2, 0.25) is 0 Å². The maximum absolute atomic E-state index is 12.7. The molecule has 2 heterocycles. The van der Waals surface area contributed by atoms with Crippen LogP contribution in [0.3, 0.4) is 0 Å². The highest BCUT2D eigenvalue weighted by Crippen LogP contribution is 2.38. The summed E-state index contributed by atoms with van der Waals surface area (Å²) < 4.78 is 6.55. The number of hydrogen-bond acceptors (Lipinski definition) is 4. The van der Waals surface area contributed by atoms with E-state index in [2.05, 4.69) is 0 Å². The van der Waals surface area contributed by atoms with Crippen LogP contribution >= 0.6 is 24.0 Å². The van der Waals surface area contributed by atoms with Crippen LogP contribution in [0.15, 0.2) is 51.8 Å². The van der Waals surface area contributed by atoms with Crippen LogP contribution in [-0.2, 0) is 4.79 Å². The molecule has 4 rings (SSSR count). The lowest BCUT2D eigenvalue weighted by atomic mass is 10.2. The molecule has 0 bridgehead atoms. The number of thioether (sulfide) groups is 1. The Morgan fingerprint density at radius 1 is 1.12 bits per heavy atom. The Hall–Kier alpha value is -1.85. The molecule has 0 spiro atoms. The molecule has 1 aromatic carbocycles. The summed E-state index contributed by atoms with van der Waals surface area (Å²) >= 11 is 6.80. The lowest BCUT2D eigenvalue weighted by molar-refractivity contribution is -0.123. The van der Waals surface area contributed by atoms with Crippen LogP contribution in [0, 0.1) is 0 Å². The predicted molar refractivity (Wildman–Crippen MR) is 101 cm³/mol. The maximum Gasteiger partial charge on any atom is 0.266 e. The minimum atomic E-state index is 0.0227. The second kappa shape index (κ2) is 6.57. The summed E-state index contributed by atoms with van der Waals surface area (Å²) in [6, 6.07) is 14.0. The number of thiocarbonyl (C=S) groups is 1. The van der Waals surface area contributed by atoms with Crippen molar-refractivity contribution in [3.05, 3.63) is 53.1 Å².